The van der Waals surface area contributed by atoms with Crippen molar-refractivity contribution in [3.05, 3.63) is 12.2 Å². The molecular formula is C15H26N2O3. The summed E-state index contributed by atoms with van der Waals surface area (Å²) in [5.74, 6) is -0.394. The molecule has 0 radical (unpaired) electrons. The van der Waals surface area contributed by atoms with Gasteiger partial charge in [0.15, 0.2) is 0 Å². The Morgan fingerprint density at radius 3 is 2.55 bits per heavy atom. The third-order valence-electron chi connectivity index (χ3n) is 3.52. The molecule has 0 saturated heterocycles. The lowest BCUT2D eigenvalue weighted by molar-refractivity contribution is -0.137. The van der Waals surface area contributed by atoms with Crippen LogP contribution in [0.1, 0.15) is 46.5 Å². The summed E-state index contributed by atoms with van der Waals surface area (Å²) in [6.07, 6.45) is 7.48. The summed E-state index contributed by atoms with van der Waals surface area (Å²) in [4.78, 5) is 24.5. The fourth-order valence-corrected chi connectivity index (χ4v) is 2.32. The summed E-state index contributed by atoms with van der Waals surface area (Å²) in [5, 5.41) is 11.7. The smallest absolute Gasteiger partial charge is 0.317 e. The molecular weight excluding hydrogens is 256 g/mol. The lowest BCUT2D eigenvalue weighted by atomic mass is 9.94. The Morgan fingerprint density at radius 1 is 1.35 bits per heavy atom. The average molecular weight is 282 g/mol. The van der Waals surface area contributed by atoms with Gasteiger partial charge < -0.3 is 15.3 Å². The van der Waals surface area contributed by atoms with E-state index in [1.807, 2.05) is 20.8 Å². The normalized spacial score (nSPS) is 18.6. The van der Waals surface area contributed by atoms with Gasteiger partial charge in [-0.3, -0.25) is 4.79 Å². The Hall–Kier alpha value is -1.52. The Labute approximate surface area is 121 Å². The van der Waals surface area contributed by atoms with Crippen LogP contribution in [-0.2, 0) is 4.79 Å². The lowest BCUT2D eigenvalue weighted by Crippen LogP contribution is -2.51. The van der Waals surface area contributed by atoms with Crippen molar-refractivity contribution >= 4 is 12.0 Å². The van der Waals surface area contributed by atoms with E-state index >= 15 is 0 Å². The van der Waals surface area contributed by atoms with Crippen LogP contribution in [0.4, 0.5) is 4.79 Å². The molecule has 5 nitrogen and oxygen atoms in total. The number of carbonyl (C=O) groups excluding carboxylic acids is 1. The van der Waals surface area contributed by atoms with Gasteiger partial charge in [-0.05, 0) is 46.0 Å². The highest BCUT2D eigenvalue weighted by Crippen LogP contribution is 2.18. The van der Waals surface area contributed by atoms with Gasteiger partial charge in [0.05, 0.1) is 6.42 Å². The summed E-state index contributed by atoms with van der Waals surface area (Å²) in [5.41, 5.74) is -0.383. The van der Waals surface area contributed by atoms with Crippen LogP contribution in [0.15, 0.2) is 12.2 Å². The molecule has 0 aliphatic heterocycles. The van der Waals surface area contributed by atoms with Crippen molar-refractivity contribution in [2.24, 2.45) is 5.92 Å². The number of hydrogen-bond donors (Lipinski definition) is 2. The number of carboxylic acids is 1. The predicted molar refractivity (Wildman–Crippen MR) is 78.6 cm³/mol. The van der Waals surface area contributed by atoms with E-state index < -0.39 is 5.97 Å². The minimum Gasteiger partial charge on any atom is -0.481 e. The molecule has 0 aromatic carbocycles. The molecule has 0 saturated carbocycles. The molecule has 1 rings (SSSR count). The van der Waals surface area contributed by atoms with Gasteiger partial charge in [-0.1, -0.05) is 12.2 Å². The molecule has 0 spiro atoms. The van der Waals surface area contributed by atoms with Crippen molar-refractivity contribution in [1.29, 1.82) is 0 Å². The quantitative estimate of drug-likeness (QED) is 0.762. The average Bonchev–Trinajstić information content (AvgIpc) is 2.35. The Kier molecular flexibility index (Phi) is 6.05. The molecule has 0 fully saturated rings. The van der Waals surface area contributed by atoms with E-state index in [-0.39, 0.29) is 24.5 Å². The van der Waals surface area contributed by atoms with Crippen molar-refractivity contribution < 1.29 is 14.7 Å². The van der Waals surface area contributed by atoms with Crippen LogP contribution in [0.25, 0.3) is 0 Å². The van der Waals surface area contributed by atoms with Crippen molar-refractivity contribution in [1.82, 2.24) is 10.2 Å². The molecule has 1 aliphatic rings. The van der Waals surface area contributed by atoms with Crippen molar-refractivity contribution in [2.45, 2.75) is 52.0 Å². The monoisotopic (exact) mass is 282 g/mol. The van der Waals surface area contributed by atoms with E-state index in [1.54, 1.807) is 4.90 Å². The minimum absolute atomic E-state index is 0.0309. The molecule has 0 heterocycles. The maximum atomic E-state index is 12.2. The van der Waals surface area contributed by atoms with Crippen LogP contribution < -0.4 is 5.32 Å². The summed E-state index contributed by atoms with van der Waals surface area (Å²) >= 11 is 0. The zero-order valence-electron chi connectivity index (χ0n) is 12.7. The Balaban J connectivity index is 2.50. The molecule has 1 atom stereocenters. The highest BCUT2D eigenvalue weighted by Gasteiger charge is 2.27. The molecule has 2 N–H and O–H groups in total. The van der Waals surface area contributed by atoms with E-state index in [4.69, 9.17) is 5.11 Å². The van der Waals surface area contributed by atoms with E-state index in [0.717, 1.165) is 19.3 Å². The van der Waals surface area contributed by atoms with Crippen LogP contribution in [0.2, 0.25) is 0 Å². The van der Waals surface area contributed by atoms with Gasteiger partial charge in [-0.2, -0.15) is 0 Å². The predicted octanol–water partition coefficient (Wildman–Crippen LogP) is 2.63. The largest absolute Gasteiger partial charge is 0.481 e. The number of hydrogen-bond acceptors (Lipinski definition) is 2. The van der Waals surface area contributed by atoms with E-state index in [0.29, 0.717) is 12.5 Å². The van der Waals surface area contributed by atoms with Gasteiger partial charge in [0.2, 0.25) is 0 Å². The fourth-order valence-electron chi connectivity index (χ4n) is 2.32. The number of nitrogens with zero attached hydrogens (tertiary/aromatic N) is 1. The first kappa shape index (κ1) is 16.5. The number of carboxylic acid groups (broad SMARTS) is 1. The number of allylic oxidation sites excluding steroid dienone is 2. The van der Waals surface area contributed by atoms with Crippen LogP contribution in [0, 0.1) is 5.92 Å². The number of aliphatic carboxylic acids is 1. The van der Waals surface area contributed by atoms with Crippen molar-refractivity contribution in [3.63, 3.8) is 0 Å². The van der Waals surface area contributed by atoms with Gasteiger partial charge in [0.25, 0.3) is 0 Å². The van der Waals surface area contributed by atoms with Gasteiger partial charge in [0, 0.05) is 18.6 Å². The molecule has 2 amide bonds. The molecule has 0 aromatic rings. The SMILES string of the molecule is CC(C)(C)N(CCC(=O)O)C(=O)NCC1CC=CCC1. The first-order valence-electron chi connectivity index (χ1n) is 7.23. The van der Waals surface area contributed by atoms with Gasteiger partial charge >= 0.3 is 12.0 Å². The Morgan fingerprint density at radius 2 is 2.05 bits per heavy atom. The number of amides is 2. The maximum absolute atomic E-state index is 12.2. The zero-order chi connectivity index (χ0) is 15.2. The number of nitrogens with one attached hydrogen (secondary N) is 1. The minimum atomic E-state index is -0.885. The first-order valence-corrected chi connectivity index (χ1v) is 7.23. The van der Waals surface area contributed by atoms with Crippen LogP contribution >= 0.6 is 0 Å². The third-order valence-corrected chi connectivity index (χ3v) is 3.52. The van der Waals surface area contributed by atoms with Crippen molar-refractivity contribution in [2.75, 3.05) is 13.1 Å². The summed E-state index contributed by atoms with van der Waals surface area (Å²) in [6, 6.07) is -0.173. The highest BCUT2D eigenvalue weighted by atomic mass is 16.4. The van der Waals surface area contributed by atoms with E-state index in [9.17, 15) is 9.59 Å². The standard InChI is InChI=1S/C15H26N2O3/c1-15(2,3)17(10-9-13(18)19)14(20)16-11-12-7-5-4-6-8-12/h4-5,12H,6-11H2,1-3H3,(H,16,20)(H,18,19). The second-order valence-corrected chi connectivity index (χ2v) is 6.30. The van der Waals surface area contributed by atoms with Gasteiger partial charge in [-0.15, -0.1) is 0 Å². The lowest BCUT2D eigenvalue weighted by Gasteiger charge is -2.35. The number of carbonyl (C=O) groups is 2. The first-order chi connectivity index (χ1) is 9.30. The van der Waals surface area contributed by atoms with Crippen LogP contribution in [0.5, 0.6) is 0 Å². The van der Waals surface area contributed by atoms with E-state index in [2.05, 4.69) is 17.5 Å². The zero-order valence-corrected chi connectivity index (χ0v) is 12.7. The fraction of sp³-hybridized carbons (Fsp3) is 0.733. The van der Waals surface area contributed by atoms with Gasteiger partial charge in [0.1, 0.15) is 0 Å². The van der Waals surface area contributed by atoms with Crippen LogP contribution in [0.3, 0.4) is 0 Å². The molecule has 0 bridgehead atoms. The molecule has 1 unspecified atom stereocenters. The highest BCUT2D eigenvalue weighted by molar-refractivity contribution is 5.76. The summed E-state index contributed by atoms with van der Waals surface area (Å²) in [7, 11) is 0. The van der Waals surface area contributed by atoms with E-state index in [1.165, 1.54) is 0 Å². The summed E-state index contributed by atoms with van der Waals surface area (Å²) < 4.78 is 0. The summed E-state index contributed by atoms with van der Waals surface area (Å²) in [6.45, 7) is 6.63. The molecule has 20 heavy (non-hydrogen) atoms. The molecule has 114 valence electrons. The molecule has 1 aliphatic carbocycles. The molecule has 5 heteroatoms. The number of rotatable bonds is 5. The molecule has 0 aromatic heterocycles. The number of urea groups is 1. The van der Waals surface area contributed by atoms with Crippen LogP contribution in [-0.4, -0.2) is 40.6 Å². The van der Waals surface area contributed by atoms with Gasteiger partial charge in [-0.25, -0.2) is 4.79 Å². The maximum Gasteiger partial charge on any atom is 0.317 e. The third kappa shape index (κ3) is 5.63. The Bertz CT molecular complexity index is 372. The van der Waals surface area contributed by atoms with Crippen molar-refractivity contribution in [3.8, 4) is 0 Å². The second-order valence-electron chi connectivity index (χ2n) is 6.30. The topological polar surface area (TPSA) is 69.6 Å². The second kappa shape index (κ2) is 7.31.